The molecule has 62 heavy (non-hydrogen) atoms. The maximum atomic E-state index is 13.3. The van der Waals surface area contributed by atoms with Crippen molar-refractivity contribution >= 4 is 162 Å². The first-order valence-corrected chi connectivity index (χ1v) is 20.4. The van der Waals surface area contributed by atoms with E-state index in [0.29, 0.717) is 10.0 Å². The van der Waals surface area contributed by atoms with E-state index in [0.717, 1.165) is 13.8 Å². The van der Waals surface area contributed by atoms with Gasteiger partial charge in [-0.3, -0.25) is 28.8 Å². The van der Waals surface area contributed by atoms with Gasteiger partial charge >= 0.3 is 0 Å². The molecule has 0 radical (unpaired) electrons. The molecule has 0 aromatic heterocycles. The number of hydrogen-bond acceptors (Lipinski definition) is 10. The van der Waals surface area contributed by atoms with Gasteiger partial charge in [0.2, 0.25) is 12.1 Å². The molecule has 0 aliphatic heterocycles. The van der Waals surface area contributed by atoms with Crippen LogP contribution in [0.1, 0.15) is 34.6 Å². The van der Waals surface area contributed by atoms with Gasteiger partial charge < -0.3 is 21.3 Å². The average molecular weight is 998 g/mol. The summed E-state index contributed by atoms with van der Waals surface area (Å²) in [4.78, 5) is 77.7. The molecule has 0 saturated carbocycles. The third-order valence-electron chi connectivity index (χ3n) is 8.19. The number of benzene rings is 5. The minimum absolute atomic E-state index is 0.00905. The van der Waals surface area contributed by atoms with E-state index in [2.05, 4.69) is 41.7 Å². The highest BCUT2D eigenvalue weighted by Crippen LogP contribution is 2.36. The number of rotatable bonds is 14. The first-order chi connectivity index (χ1) is 29.3. The maximum absolute atomic E-state index is 13.3. The Morgan fingerprint density at radius 2 is 0.887 bits per heavy atom. The van der Waals surface area contributed by atoms with Gasteiger partial charge in [0.15, 0.2) is 11.6 Å². The van der Waals surface area contributed by atoms with Crippen molar-refractivity contribution in [1.82, 2.24) is 0 Å². The number of carbonyl (C=O) groups is 6. The second-order valence-electron chi connectivity index (χ2n) is 12.7. The van der Waals surface area contributed by atoms with Crippen LogP contribution in [-0.2, 0) is 19.2 Å². The Morgan fingerprint density at radius 3 is 1.27 bits per heavy atom. The lowest BCUT2D eigenvalue weighted by Gasteiger charge is -2.15. The zero-order chi connectivity index (χ0) is 45.4. The molecule has 2 atom stereocenters. The van der Waals surface area contributed by atoms with Crippen molar-refractivity contribution in [3.8, 4) is 0 Å². The number of anilines is 4. The van der Waals surface area contributed by atoms with E-state index in [9.17, 15) is 28.8 Å². The maximum Gasteiger partial charge on any atom is 0.258 e. The SMILES string of the molecule is CC(=O)C(N=Nc1cccc(C(=O)Nc2ccc(Cl)cc2Cl)c1Cl)C(=O)Nc1cc(Cl)c(NC(=O)C(N=Nc2cccc(C(=O)Nc3ccc(Cl)cc3Cl)c2Cl)C(C)=O)c(Cl)c1. The van der Waals surface area contributed by atoms with Crippen LogP contribution in [-0.4, -0.2) is 47.3 Å². The van der Waals surface area contributed by atoms with Crippen LogP contribution in [0.15, 0.2) is 105 Å². The number of amides is 4. The van der Waals surface area contributed by atoms with Crippen molar-refractivity contribution in [3.05, 3.63) is 136 Å². The first kappa shape index (κ1) is 47.9. The predicted molar refractivity (Wildman–Crippen MR) is 243 cm³/mol. The normalized spacial score (nSPS) is 12.2. The van der Waals surface area contributed by atoms with E-state index in [1.54, 1.807) is 0 Å². The van der Waals surface area contributed by atoms with Crippen LogP contribution in [0.4, 0.5) is 34.1 Å². The molecule has 22 heteroatoms. The smallest absolute Gasteiger partial charge is 0.258 e. The number of carbonyl (C=O) groups excluding carboxylic acids is 6. The van der Waals surface area contributed by atoms with Gasteiger partial charge in [-0.2, -0.15) is 20.5 Å². The van der Waals surface area contributed by atoms with E-state index in [1.165, 1.54) is 84.9 Å². The van der Waals surface area contributed by atoms with Gasteiger partial charge in [-0.1, -0.05) is 105 Å². The van der Waals surface area contributed by atoms with Crippen LogP contribution >= 0.6 is 92.8 Å². The van der Waals surface area contributed by atoms with E-state index in [1.807, 2.05) is 0 Å². The molecule has 0 aliphatic rings. The molecule has 4 N–H and O–H groups in total. The molecule has 0 heterocycles. The topological polar surface area (TPSA) is 200 Å². The number of nitrogens with one attached hydrogen (secondary N) is 4. The molecule has 0 bridgehead atoms. The predicted octanol–water partition coefficient (Wildman–Crippen LogP) is 12.8. The summed E-state index contributed by atoms with van der Waals surface area (Å²) in [5.41, 5.74) is 0.271. The molecular formula is C40H26Cl8N8O6. The Bertz CT molecular complexity index is 2690. The fraction of sp³-hybridized carbons (Fsp3) is 0.100. The molecule has 0 aliphatic carbocycles. The van der Waals surface area contributed by atoms with Crippen LogP contribution in [0.25, 0.3) is 0 Å². The average Bonchev–Trinajstić information content (AvgIpc) is 3.19. The van der Waals surface area contributed by atoms with Gasteiger partial charge in [0.25, 0.3) is 23.6 Å². The minimum atomic E-state index is -1.73. The van der Waals surface area contributed by atoms with Crippen LogP contribution < -0.4 is 21.3 Å². The van der Waals surface area contributed by atoms with Gasteiger partial charge in [0, 0.05) is 15.7 Å². The largest absolute Gasteiger partial charge is 0.324 e. The summed E-state index contributed by atoms with van der Waals surface area (Å²) in [7, 11) is 0. The highest BCUT2D eigenvalue weighted by atomic mass is 35.5. The molecule has 14 nitrogen and oxygen atoms in total. The first-order valence-electron chi connectivity index (χ1n) is 17.4. The summed E-state index contributed by atoms with van der Waals surface area (Å²) in [5.74, 6) is -4.65. The van der Waals surface area contributed by atoms with Gasteiger partial charge in [0.05, 0.1) is 58.3 Å². The monoisotopic (exact) mass is 994 g/mol. The van der Waals surface area contributed by atoms with E-state index in [4.69, 9.17) is 92.8 Å². The van der Waals surface area contributed by atoms with Crippen molar-refractivity contribution in [2.24, 2.45) is 20.5 Å². The summed E-state index contributed by atoms with van der Waals surface area (Å²) in [6.07, 6.45) is 0. The second-order valence-corrected chi connectivity index (χ2v) is 15.9. The number of hydrogen-bond donors (Lipinski definition) is 4. The van der Waals surface area contributed by atoms with Crippen LogP contribution in [0.2, 0.25) is 40.2 Å². The fourth-order valence-corrected chi connectivity index (χ4v) is 7.14. The fourth-order valence-electron chi connectivity index (χ4n) is 5.15. The molecule has 0 spiro atoms. The van der Waals surface area contributed by atoms with Crippen LogP contribution in [0, 0.1) is 0 Å². The number of Topliss-reactive ketones (excluding diaryl/α,β-unsaturated/α-hetero) is 2. The van der Waals surface area contributed by atoms with Crippen molar-refractivity contribution in [1.29, 1.82) is 0 Å². The lowest BCUT2D eigenvalue weighted by molar-refractivity contribution is -0.127. The molecular weight excluding hydrogens is 972 g/mol. The minimum Gasteiger partial charge on any atom is -0.324 e. The van der Waals surface area contributed by atoms with Gasteiger partial charge in [-0.25, -0.2) is 0 Å². The number of azo groups is 2. The van der Waals surface area contributed by atoms with Crippen molar-refractivity contribution in [3.63, 3.8) is 0 Å². The van der Waals surface area contributed by atoms with Crippen molar-refractivity contribution < 1.29 is 28.8 Å². The zero-order valence-corrected chi connectivity index (χ0v) is 37.5. The van der Waals surface area contributed by atoms with Gasteiger partial charge in [-0.05, 0) is 86.6 Å². The van der Waals surface area contributed by atoms with Gasteiger partial charge in [0.1, 0.15) is 11.4 Å². The number of halogens is 8. The molecule has 0 saturated heterocycles. The Labute approximate surface area is 392 Å². The van der Waals surface area contributed by atoms with E-state index < -0.39 is 47.3 Å². The lowest BCUT2D eigenvalue weighted by Crippen LogP contribution is -2.32. The molecule has 5 aromatic rings. The summed E-state index contributed by atoms with van der Waals surface area (Å²) >= 11 is 50.0. The summed E-state index contributed by atoms with van der Waals surface area (Å²) < 4.78 is 0. The Morgan fingerprint density at radius 1 is 0.484 bits per heavy atom. The molecule has 5 rings (SSSR count). The number of nitrogens with zero attached hydrogens (tertiary/aromatic N) is 4. The highest BCUT2D eigenvalue weighted by molar-refractivity contribution is 6.41. The lowest BCUT2D eigenvalue weighted by atomic mass is 10.1. The summed E-state index contributed by atoms with van der Waals surface area (Å²) in [5, 5.41) is 26.2. The standard InChI is InChI=1S/C40H26Cl8N8O6/c1-17(57)34(55-53-30-7-3-5-22(32(30)47)37(59)50-28-11-9-19(41)13-24(28)43)39(61)49-21-15-26(45)36(27(46)16-21)52-40(62)35(18(2)58)56-54-31-8-4-6-23(33(31)48)38(60)51-29-12-10-20(42)14-25(29)44/h3-16,34-35H,1-2H3,(H,49,61)(H,50,59)(H,51,60)(H,52,62). The van der Waals surface area contributed by atoms with E-state index in [-0.39, 0.29) is 75.4 Å². The number of ketones is 2. The van der Waals surface area contributed by atoms with Gasteiger partial charge in [-0.15, -0.1) is 0 Å². The third kappa shape index (κ3) is 12.1. The van der Waals surface area contributed by atoms with Crippen LogP contribution in [0.3, 0.4) is 0 Å². The highest BCUT2D eigenvalue weighted by Gasteiger charge is 2.27. The third-order valence-corrected chi connectivity index (χ3v) is 10.7. The van der Waals surface area contributed by atoms with E-state index >= 15 is 0 Å². The molecule has 4 amide bonds. The summed E-state index contributed by atoms with van der Waals surface area (Å²) in [6, 6.07) is 16.5. The van der Waals surface area contributed by atoms with Crippen molar-refractivity contribution in [2.75, 3.05) is 21.3 Å². The molecule has 318 valence electrons. The zero-order valence-electron chi connectivity index (χ0n) is 31.5. The Hall–Kier alpha value is -5.16. The second kappa shape index (κ2) is 21.3. The quantitative estimate of drug-likeness (QED) is 0.0630. The van der Waals surface area contributed by atoms with Crippen LogP contribution in [0.5, 0.6) is 0 Å². The Kier molecular flexibility index (Phi) is 16.4. The molecule has 0 fully saturated rings. The Balaban J connectivity index is 1.27. The molecule has 5 aromatic carbocycles. The van der Waals surface area contributed by atoms with Crippen molar-refractivity contribution in [2.45, 2.75) is 25.9 Å². The molecule has 2 unspecified atom stereocenters. The summed E-state index contributed by atoms with van der Waals surface area (Å²) in [6.45, 7) is 2.20.